The van der Waals surface area contributed by atoms with Gasteiger partial charge in [-0.05, 0) is 32.6 Å². The van der Waals surface area contributed by atoms with Gasteiger partial charge < -0.3 is 20.1 Å². The van der Waals surface area contributed by atoms with Crippen LogP contribution in [0.15, 0.2) is 9.52 Å². The molecule has 1 unspecified atom stereocenters. The van der Waals surface area contributed by atoms with Crippen molar-refractivity contribution in [1.82, 2.24) is 20.7 Å². The van der Waals surface area contributed by atoms with Crippen LogP contribution in [0.5, 0.6) is 0 Å². The highest BCUT2D eigenvalue weighted by molar-refractivity contribution is 14.0. The van der Waals surface area contributed by atoms with Crippen LogP contribution in [0, 0.1) is 19.8 Å². The molecular weight excluding hydrogens is 445 g/mol. The maximum absolute atomic E-state index is 11.5. The number of piperidine rings is 1. The largest absolute Gasteiger partial charge is 0.361 e. The summed E-state index contributed by atoms with van der Waals surface area (Å²) in [5.74, 6) is 2.72. The molecule has 1 fully saturated rings. The molecule has 26 heavy (non-hydrogen) atoms. The van der Waals surface area contributed by atoms with Gasteiger partial charge in [-0.3, -0.25) is 9.79 Å². The molecule has 8 heteroatoms. The number of rotatable bonds is 5. The Morgan fingerprint density at radius 3 is 2.54 bits per heavy atom. The average Bonchev–Trinajstić information content (AvgIpc) is 2.95. The van der Waals surface area contributed by atoms with Gasteiger partial charge in [0.25, 0.3) is 0 Å². The van der Waals surface area contributed by atoms with Crippen molar-refractivity contribution in [3.63, 3.8) is 0 Å². The number of amides is 1. The summed E-state index contributed by atoms with van der Waals surface area (Å²) in [4.78, 5) is 18.2. The van der Waals surface area contributed by atoms with Crippen molar-refractivity contribution in [3.8, 4) is 0 Å². The van der Waals surface area contributed by atoms with E-state index in [0.29, 0.717) is 18.3 Å². The molecule has 0 aromatic carbocycles. The lowest BCUT2D eigenvalue weighted by molar-refractivity contribution is -0.121. The van der Waals surface area contributed by atoms with Crippen LogP contribution in [0.25, 0.3) is 0 Å². The van der Waals surface area contributed by atoms with Crippen molar-refractivity contribution >= 4 is 35.8 Å². The topological polar surface area (TPSA) is 82.8 Å². The molecule has 148 valence electrons. The summed E-state index contributed by atoms with van der Waals surface area (Å²) in [7, 11) is 3.52. The summed E-state index contributed by atoms with van der Waals surface area (Å²) in [5.41, 5.74) is 2.13. The van der Waals surface area contributed by atoms with Crippen molar-refractivity contribution in [1.29, 1.82) is 0 Å². The molecule has 1 amide bonds. The lowest BCUT2D eigenvalue weighted by Gasteiger charge is -2.34. The molecule has 0 radical (unpaired) electrons. The summed E-state index contributed by atoms with van der Waals surface area (Å²) >= 11 is 0. The van der Waals surface area contributed by atoms with Gasteiger partial charge in [0.05, 0.1) is 5.69 Å². The third-order valence-corrected chi connectivity index (χ3v) is 5.03. The number of carbonyl (C=O) groups excluding carboxylic acids is 1. The smallest absolute Gasteiger partial charge is 0.220 e. The van der Waals surface area contributed by atoms with Crippen LogP contribution < -0.4 is 10.6 Å². The third kappa shape index (κ3) is 5.85. The summed E-state index contributed by atoms with van der Waals surface area (Å²) in [5, 5.41) is 10.2. The first-order valence-corrected chi connectivity index (χ1v) is 9.05. The minimum atomic E-state index is 0. The van der Waals surface area contributed by atoms with Crippen molar-refractivity contribution in [3.05, 3.63) is 17.0 Å². The van der Waals surface area contributed by atoms with Gasteiger partial charge in [-0.2, -0.15) is 0 Å². The second kappa shape index (κ2) is 10.7. The van der Waals surface area contributed by atoms with Gasteiger partial charge in [-0.25, -0.2) is 0 Å². The number of hydrogen-bond donors (Lipinski definition) is 2. The Bertz CT molecular complexity index is 589. The number of aromatic nitrogens is 1. The van der Waals surface area contributed by atoms with Gasteiger partial charge in [0, 0.05) is 51.6 Å². The minimum Gasteiger partial charge on any atom is -0.361 e. The number of nitrogens with one attached hydrogen (secondary N) is 2. The first-order chi connectivity index (χ1) is 12.0. The Morgan fingerprint density at radius 2 is 2.04 bits per heavy atom. The van der Waals surface area contributed by atoms with Crippen LogP contribution in [0.1, 0.15) is 49.1 Å². The van der Waals surface area contributed by atoms with Crippen LogP contribution in [-0.2, 0) is 4.79 Å². The molecule has 1 aromatic rings. The fourth-order valence-corrected chi connectivity index (χ4v) is 3.59. The number of aryl methyl sites for hydroxylation is 2. The summed E-state index contributed by atoms with van der Waals surface area (Å²) in [6.07, 6.45) is 2.67. The number of halogens is 1. The molecule has 1 saturated heterocycles. The molecule has 0 spiro atoms. The number of nitrogens with zero attached hydrogens (tertiary/aromatic N) is 3. The Kier molecular flexibility index (Phi) is 9.38. The quantitative estimate of drug-likeness (QED) is 0.387. The zero-order valence-corrected chi connectivity index (χ0v) is 18.8. The van der Waals surface area contributed by atoms with Gasteiger partial charge in [-0.15, -0.1) is 24.0 Å². The zero-order valence-electron chi connectivity index (χ0n) is 16.5. The van der Waals surface area contributed by atoms with Crippen molar-refractivity contribution in [2.24, 2.45) is 10.9 Å². The highest BCUT2D eigenvalue weighted by atomic mass is 127. The number of carbonyl (C=O) groups is 1. The van der Waals surface area contributed by atoms with Crippen LogP contribution >= 0.6 is 24.0 Å². The fourth-order valence-electron chi connectivity index (χ4n) is 3.59. The maximum Gasteiger partial charge on any atom is 0.220 e. The van der Waals surface area contributed by atoms with Crippen LogP contribution in [0.2, 0.25) is 0 Å². The van der Waals surface area contributed by atoms with Gasteiger partial charge in [0.2, 0.25) is 5.91 Å². The van der Waals surface area contributed by atoms with E-state index in [1.165, 1.54) is 5.56 Å². The number of hydrogen-bond acceptors (Lipinski definition) is 4. The van der Waals surface area contributed by atoms with Gasteiger partial charge in [0.1, 0.15) is 5.76 Å². The monoisotopic (exact) mass is 477 g/mol. The number of likely N-dealkylation sites (tertiary alicyclic amines) is 1. The second-order valence-electron chi connectivity index (χ2n) is 6.87. The zero-order chi connectivity index (χ0) is 18.4. The van der Waals surface area contributed by atoms with E-state index < -0.39 is 0 Å². The molecule has 1 aliphatic heterocycles. The predicted octanol–water partition coefficient (Wildman–Crippen LogP) is 2.44. The molecule has 1 atom stereocenters. The van der Waals surface area contributed by atoms with E-state index in [4.69, 9.17) is 4.52 Å². The Hall–Kier alpha value is -1.32. The predicted molar refractivity (Wildman–Crippen MR) is 114 cm³/mol. The highest BCUT2D eigenvalue weighted by Gasteiger charge is 2.24. The van der Waals surface area contributed by atoms with Crippen LogP contribution in [0.3, 0.4) is 0 Å². The Morgan fingerprint density at radius 1 is 1.38 bits per heavy atom. The first kappa shape index (κ1) is 22.7. The third-order valence-electron chi connectivity index (χ3n) is 5.03. The van der Waals surface area contributed by atoms with E-state index >= 15 is 0 Å². The second-order valence-corrected chi connectivity index (χ2v) is 6.87. The van der Waals surface area contributed by atoms with Crippen LogP contribution in [0.4, 0.5) is 0 Å². The number of aliphatic imine (C=N–C) groups is 1. The Balaban J connectivity index is 0.00000338. The molecular formula is C18H32IN5O2. The fraction of sp³-hybridized carbons (Fsp3) is 0.722. The molecule has 0 saturated carbocycles. The Labute approximate surface area is 173 Å². The van der Waals surface area contributed by atoms with E-state index in [-0.39, 0.29) is 29.9 Å². The number of guanidine groups is 1. The molecule has 2 heterocycles. The van der Waals surface area contributed by atoms with Crippen LogP contribution in [-0.4, -0.2) is 55.7 Å². The molecule has 2 rings (SSSR count). The standard InChI is InChI=1S/C18H31N5O2.HI/c1-12(17-13(2)22-25-14(17)3)11-21-18(20-5)23-8-6-15(7-9-23)10-16(24)19-4;/h12,15H,6-11H2,1-5H3,(H,19,24)(H,20,21);1H. The van der Waals surface area contributed by atoms with Gasteiger partial charge in [0.15, 0.2) is 5.96 Å². The molecule has 0 bridgehead atoms. The molecule has 1 aliphatic rings. The van der Waals surface area contributed by atoms with E-state index in [9.17, 15) is 4.79 Å². The molecule has 7 nitrogen and oxygen atoms in total. The SMILES string of the molecule is CN=C(NCC(C)c1c(C)noc1C)N1CCC(CC(=O)NC)CC1.I. The maximum atomic E-state index is 11.5. The van der Waals surface area contributed by atoms with E-state index in [1.54, 1.807) is 7.05 Å². The van der Waals surface area contributed by atoms with Gasteiger partial charge in [-0.1, -0.05) is 12.1 Å². The average molecular weight is 477 g/mol. The highest BCUT2D eigenvalue weighted by Crippen LogP contribution is 2.23. The van der Waals surface area contributed by atoms with E-state index in [2.05, 4.69) is 32.6 Å². The molecule has 0 aliphatic carbocycles. The van der Waals surface area contributed by atoms with E-state index in [0.717, 1.165) is 49.9 Å². The lowest BCUT2D eigenvalue weighted by Crippen LogP contribution is -2.46. The minimum absolute atomic E-state index is 0. The van der Waals surface area contributed by atoms with Crippen molar-refractivity contribution in [2.75, 3.05) is 33.7 Å². The normalized spacial score (nSPS) is 16.8. The molecule has 2 N–H and O–H groups in total. The first-order valence-electron chi connectivity index (χ1n) is 9.05. The van der Waals surface area contributed by atoms with Crippen molar-refractivity contribution in [2.45, 2.75) is 46.0 Å². The van der Waals surface area contributed by atoms with Gasteiger partial charge >= 0.3 is 0 Å². The summed E-state index contributed by atoms with van der Waals surface area (Å²) < 4.78 is 5.27. The summed E-state index contributed by atoms with van der Waals surface area (Å²) in [6, 6.07) is 0. The van der Waals surface area contributed by atoms with Crippen molar-refractivity contribution < 1.29 is 9.32 Å². The summed E-state index contributed by atoms with van der Waals surface area (Å²) in [6.45, 7) is 8.75. The van der Waals surface area contributed by atoms with E-state index in [1.807, 2.05) is 20.9 Å². The lowest BCUT2D eigenvalue weighted by atomic mass is 9.93. The molecule has 1 aromatic heterocycles.